The minimum atomic E-state index is -0.252. The minimum absolute atomic E-state index is 0.252. The topological polar surface area (TPSA) is 62.8 Å². The van der Waals surface area contributed by atoms with Gasteiger partial charge in [0.05, 0.1) is 19.0 Å². The maximum absolute atomic E-state index is 13.1. The lowest BCUT2D eigenvalue weighted by molar-refractivity contribution is 0.389. The Kier molecular flexibility index (Phi) is 5.09. The van der Waals surface area contributed by atoms with Gasteiger partial charge in [0.2, 0.25) is 5.88 Å². The molecule has 2 aromatic heterocycles. The molecular weight excluding hydrogens is 319 g/mol. The number of benzene rings is 1. The Bertz CT molecular complexity index is 858. The number of halogens is 1. The Morgan fingerprint density at radius 2 is 1.92 bits per heavy atom. The van der Waals surface area contributed by atoms with Gasteiger partial charge in [0, 0.05) is 35.5 Å². The summed E-state index contributed by atoms with van der Waals surface area (Å²) in [6.45, 7) is 5.26. The molecular formula is C19H21FN4O. The van der Waals surface area contributed by atoms with Crippen molar-refractivity contribution in [3.63, 3.8) is 0 Å². The van der Waals surface area contributed by atoms with Crippen LogP contribution in [0.25, 0.3) is 11.3 Å². The number of pyridine rings is 1. The molecule has 3 rings (SSSR count). The maximum Gasteiger partial charge on any atom is 0.218 e. The summed E-state index contributed by atoms with van der Waals surface area (Å²) in [7, 11) is 1.63. The van der Waals surface area contributed by atoms with E-state index in [9.17, 15) is 4.39 Å². The van der Waals surface area contributed by atoms with Gasteiger partial charge in [-0.15, -0.1) is 0 Å². The smallest absolute Gasteiger partial charge is 0.218 e. The highest BCUT2D eigenvalue weighted by atomic mass is 19.1. The van der Waals surface area contributed by atoms with Gasteiger partial charge in [-0.3, -0.25) is 5.10 Å². The summed E-state index contributed by atoms with van der Waals surface area (Å²) in [6, 6.07) is 8.41. The first-order chi connectivity index (χ1) is 12.1. The number of nitrogens with one attached hydrogen (secondary N) is 2. The van der Waals surface area contributed by atoms with Crippen molar-refractivity contribution in [3.05, 3.63) is 64.7 Å². The van der Waals surface area contributed by atoms with E-state index in [1.54, 1.807) is 25.4 Å². The van der Waals surface area contributed by atoms with E-state index in [4.69, 9.17) is 4.74 Å². The van der Waals surface area contributed by atoms with Gasteiger partial charge in [-0.05, 0) is 49.7 Å². The summed E-state index contributed by atoms with van der Waals surface area (Å²) in [5, 5.41) is 10.5. The quantitative estimate of drug-likeness (QED) is 0.721. The first-order valence-corrected chi connectivity index (χ1v) is 8.08. The number of hydrogen-bond donors (Lipinski definition) is 2. The normalized spacial score (nSPS) is 10.9. The van der Waals surface area contributed by atoms with Gasteiger partial charge in [0.15, 0.2) is 0 Å². The van der Waals surface area contributed by atoms with E-state index in [-0.39, 0.29) is 5.82 Å². The van der Waals surface area contributed by atoms with Gasteiger partial charge in [-0.1, -0.05) is 0 Å². The number of aromatic nitrogens is 3. The average molecular weight is 340 g/mol. The Morgan fingerprint density at radius 3 is 2.64 bits per heavy atom. The number of rotatable bonds is 6. The van der Waals surface area contributed by atoms with Crippen LogP contribution in [0, 0.1) is 19.7 Å². The Balaban J connectivity index is 1.72. The van der Waals surface area contributed by atoms with Gasteiger partial charge in [0.1, 0.15) is 5.82 Å². The molecule has 0 aliphatic heterocycles. The second kappa shape index (κ2) is 7.44. The molecule has 2 heterocycles. The molecule has 0 spiro atoms. The maximum atomic E-state index is 13.1. The van der Waals surface area contributed by atoms with Crippen molar-refractivity contribution in [1.29, 1.82) is 0 Å². The summed E-state index contributed by atoms with van der Waals surface area (Å²) in [5.74, 6) is 0.397. The molecule has 0 fully saturated rings. The summed E-state index contributed by atoms with van der Waals surface area (Å²) in [4.78, 5) is 4.43. The molecule has 0 aliphatic carbocycles. The lowest BCUT2D eigenvalue weighted by Crippen LogP contribution is -2.15. The van der Waals surface area contributed by atoms with E-state index < -0.39 is 0 Å². The third-order valence-corrected chi connectivity index (χ3v) is 4.10. The van der Waals surface area contributed by atoms with E-state index >= 15 is 0 Å². The van der Waals surface area contributed by atoms with Crippen LogP contribution in [0.3, 0.4) is 0 Å². The number of nitrogens with zero attached hydrogens (tertiary/aromatic N) is 2. The lowest BCUT2D eigenvalue weighted by Gasteiger charge is -2.13. The van der Waals surface area contributed by atoms with Crippen LogP contribution in [0.2, 0.25) is 0 Å². The average Bonchev–Trinajstić information content (AvgIpc) is 3.05. The summed E-state index contributed by atoms with van der Waals surface area (Å²) >= 11 is 0. The van der Waals surface area contributed by atoms with Gasteiger partial charge in [-0.25, -0.2) is 9.37 Å². The molecule has 6 heteroatoms. The van der Waals surface area contributed by atoms with Crippen molar-refractivity contribution in [2.75, 3.05) is 7.11 Å². The van der Waals surface area contributed by atoms with E-state index in [1.165, 1.54) is 12.1 Å². The zero-order valence-corrected chi connectivity index (χ0v) is 14.6. The van der Waals surface area contributed by atoms with Crippen LogP contribution in [-0.2, 0) is 13.1 Å². The highest BCUT2D eigenvalue weighted by Crippen LogP contribution is 2.23. The van der Waals surface area contributed by atoms with Crippen molar-refractivity contribution in [2.24, 2.45) is 0 Å². The third-order valence-electron chi connectivity index (χ3n) is 4.10. The van der Waals surface area contributed by atoms with E-state index in [0.29, 0.717) is 19.0 Å². The van der Waals surface area contributed by atoms with Crippen LogP contribution < -0.4 is 10.1 Å². The fraction of sp³-hybridized carbons (Fsp3) is 0.263. The molecule has 0 atom stereocenters. The molecule has 0 radical (unpaired) electrons. The monoisotopic (exact) mass is 340 g/mol. The lowest BCUT2D eigenvalue weighted by atomic mass is 10.1. The Labute approximate surface area is 146 Å². The van der Waals surface area contributed by atoms with Crippen LogP contribution >= 0.6 is 0 Å². The number of aryl methyl sites for hydroxylation is 2. The number of H-pyrrole nitrogens is 1. The minimum Gasteiger partial charge on any atom is -0.481 e. The fourth-order valence-electron chi connectivity index (χ4n) is 2.85. The van der Waals surface area contributed by atoms with Gasteiger partial charge in [-0.2, -0.15) is 5.10 Å². The highest BCUT2D eigenvalue weighted by Gasteiger charge is 2.11. The van der Waals surface area contributed by atoms with Crippen LogP contribution in [0.5, 0.6) is 5.88 Å². The molecule has 1 aromatic carbocycles. The molecule has 3 aromatic rings. The molecule has 5 nitrogen and oxygen atoms in total. The number of hydrogen-bond acceptors (Lipinski definition) is 4. The molecule has 25 heavy (non-hydrogen) atoms. The Morgan fingerprint density at radius 1 is 1.16 bits per heavy atom. The van der Waals surface area contributed by atoms with Crippen molar-refractivity contribution in [2.45, 2.75) is 26.9 Å². The summed E-state index contributed by atoms with van der Waals surface area (Å²) < 4.78 is 18.5. The fourth-order valence-corrected chi connectivity index (χ4v) is 2.85. The van der Waals surface area contributed by atoms with Crippen molar-refractivity contribution in [1.82, 2.24) is 20.5 Å². The van der Waals surface area contributed by atoms with Crippen molar-refractivity contribution >= 4 is 0 Å². The molecule has 0 saturated carbocycles. The Hall–Kier alpha value is -2.73. The number of aromatic amines is 1. The molecule has 0 aliphatic rings. The zero-order chi connectivity index (χ0) is 17.8. The molecule has 2 N–H and O–H groups in total. The van der Waals surface area contributed by atoms with Crippen LogP contribution in [0.15, 0.2) is 36.5 Å². The van der Waals surface area contributed by atoms with Crippen LogP contribution in [0.4, 0.5) is 4.39 Å². The van der Waals surface area contributed by atoms with Gasteiger partial charge in [0.25, 0.3) is 0 Å². The van der Waals surface area contributed by atoms with Crippen LogP contribution in [0.1, 0.15) is 22.4 Å². The zero-order valence-electron chi connectivity index (χ0n) is 14.6. The molecule has 130 valence electrons. The summed E-state index contributed by atoms with van der Waals surface area (Å²) in [5.41, 5.74) is 5.93. The molecule has 0 saturated heterocycles. The highest BCUT2D eigenvalue weighted by molar-refractivity contribution is 5.62. The summed E-state index contributed by atoms with van der Waals surface area (Å²) in [6.07, 6.45) is 1.78. The SMILES string of the molecule is COc1nc(C)cc(C)c1CNCc1cn[nH]c1-c1ccc(F)cc1. The molecule has 0 bridgehead atoms. The first-order valence-electron chi connectivity index (χ1n) is 8.08. The standard InChI is InChI=1S/C19H21FN4O/c1-12-8-13(2)23-19(25-3)17(12)11-21-9-15-10-22-24-18(15)14-4-6-16(20)7-5-14/h4-8,10,21H,9,11H2,1-3H3,(H,22,24). The first kappa shape index (κ1) is 17.1. The largest absolute Gasteiger partial charge is 0.481 e. The number of ether oxygens (including phenoxy) is 1. The van der Waals surface area contributed by atoms with Gasteiger partial charge < -0.3 is 10.1 Å². The second-order valence-electron chi connectivity index (χ2n) is 5.95. The van der Waals surface area contributed by atoms with Crippen molar-refractivity contribution in [3.8, 4) is 17.1 Å². The van der Waals surface area contributed by atoms with E-state index in [2.05, 4.69) is 27.4 Å². The number of methoxy groups -OCH3 is 1. The van der Waals surface area contributed by atoms with Gasteiger partial charge >= 0.3 is 0 Å². The van der Waals surface area contributed by atoms with E-state index in [1.807, 2.05) is 13.0 Å². The van der Waals surface area contributed by atoms with E-state index in [0.717, 1.165) is 33.6 Å². The predicted octanol–water partition coefficient (Wildman–Crippen LogP) is 3.53. The predicted molar refractivity (Wildman–Crippen MR) is 94.8 cm³/mol. The third kappa shape index (κ3) is 3.85. The van der Waals surface area contributed by atoms with Crippen LogP contribution in [-0.4, -0.2) is 22.3 Å². The second-order valence-corrected chi connectivity index (χ2v) is 5.95. The molecule has 0 amide bonds. The van der Waals surface area contributed by atoms with Crippen molar-refractivity contribution < 1.29 is 9.13 Å². The molecule has 0 unspecified atom stereocenters.